The monoisotopic (exact) mass is 182 g/mol. The van der Waals surface area contributed by atoms with Crippen molar-refractivity contribution in [2.24, 2.45) is 11.8 Å². The molecule has 4 heteroatoms. The van der Waals surface area contributed by atoms with Crippen LogP contribution in [-0.4, -0.2) is 14.0 Å². The molecule has 2 aliphatic carbocycles. The van der Waals surface area contributed by atoms with Crippen molar-refractivity contribution in [3.8, 4) is 0 Å². The summed E-state index contributed by atoms with van der Waals surface area (Å²) in [6.45, 7) is 0. The van der Waals surface area contributed by atoms with Crippen LogP contribution >= 0.6 is 0 Å². The Hall–Kier alpha value is 1.11. The molecule has 2 fully saturated rings. The number of rotatable bonds is 1. The second-order valence-corrected chi connectivity index (χ2v) is 4.60. The number of hydrogen-bond donors (Lipinski definition) is 0. The summed E-state index contributed by atoms with van der Waals surface area (Å²) in [5.74, 6) is 1.26. The van der Waals surface area contributed by atoms with Gasteiger partial charge in [-0.1, -0.05) is 17.5 Å². The molecule has 0 radical (unpaired) electrons. The molecule has 0 amide bonds. The van der Waals surface area contributed by atoms with Crippen LogP contribution in [0.15, 0.2) is 0 Å². The van der Waals surface area contributed by atoms with Gasteiger partial charge in [0.25, 0.3) is 0 Å². The molecule has 0 N–H and O–H groups in total. The van der Waals surface area contributed by atoms with Gasteiger partial charge in [0, 0.05) is 5.25 Å². The minimum atomic E-state index is -1.79. The molecule has 0 aromatic heterocycles. The molecule has 58 valence electrons. The van der Waals surface area contributed by atoms with E-state index in [1.54, 1.807) is 0 Å². The maximum atomic E-state index is 10.6. The van der Waals surface area contributed by atoms with Crippen LogP contribution in [0.2, 0.25) is 0 Å². The molecule has 0 aromatic rings. The SMILES string of the molecule is O=S([O-])C1C[C@@H]2CC[C@H]1C2.[Na+]. The van der Waals surface area contributed by atoms with Gasteiger partial charge in [-0.05, 0) is 31.1 Å². The van der Waals surface area contributed by atoms with Crippen molar-refractivity contribution >= 4 is 11.1 Å². The van der Waals surface area contributed by atoms with E-state index < -0.39 is 11.1 Å². The van der Waals surface area contributed by atoms with Crippen LogP contribution < -0.4 is 29.6 Å². The van der Waals surface area contributed by atoms with Crippen LogP contribution in [0.1, 0.15) is 25.7 Å². The van der Waals surface area contributed by atoms with E-state index in [2.05, 4.69) is 0 Å². The molecule has 2 unspecified atom stereocenters. The summed E-state index contributed by atoms with van der Waals surface area (Å²) in [6.07, 6.45) is 4.56. The molecular weight excluding hydrogens is 171 g/mol. The van der Waals surface area contributed by atoms with Gasteiger partial charge in [0.15, 0.2) is 0 Å². The van der Waals surface area contributed by atoms with Gasteiger partial charge in [-0.3, -0.25) is 4.21 Å². The van der Waals surface area contributed by atoms with E-state index in [4.69, 9.17) is 0 Å². The van der Waals surface area contributed by atoms with Gasteiger partial charge in [-0.2, -0.15) is 0 Å². The van der Waals surface area contributed by atoms with E-state index in [0.29, 0.717) is 5.92 Å². The third-order valence-electron chi connectivity index (χ3n) is 2.92. The Bertz CT molecular complexity index is 174. The zero-order valence-electron chi connectivity index (χ0n) is 6.79. The van der Waals surface area contributed by atoms with Gasteiger partial charge < -0.3 is 4.55 Å². The van der Waals surface area contributed by atoms with Gasteiger partial charge in [0.2, 0.25) is 0 Å². The third-order valence-corrected chi connectivity index (χ3v) is 3.99. The quantitative estimate of drug-likeness (QED) is 0.349. The molecule has 0 heterocycles. The van der Waals surface area contributed by atoms with Crippen molar-refractivity contribution in [2.45, 2.75) is 30.9 Å². The number of fused-ring (bicyclic) bond motifs is 2. The largest absolute Gasteiger partial charge is 1.00 e. The predicted molar refractivity (Wildman–Crippen MR) is 38.2 cm³/mol. The molecule has 2 rings (SSSR count). The van der Waals surface area contributed by atoms with E-state index in [0.717, 1.165) is 18.8 Å². The average Bonchev–Trinajstić information content (AvgIpc) is 2.44. The van der Waals surface area contributed by atoms with Gasteiger partial charge in [-0.15, -0.1) is 0 Å². The van der Waals surface area contributed by atoms with Crippen LogP contribution in [0.5, 0.6) is 0 Å². The molecule has 11 heavy (non-hydrogen) atoms. The fourth-order valence-electron chi connectivity index (χ4n) is 2.42. The second-order valence-electron chi connectivity index (χ2n) is 3.47. The smallest absolute Gasteiger partial charge is 0.772 e. The third kappa shape index (κ3) is 1.89. The van der Waals surface area contributed by atoms with Crippen LogP contribution in [0.4, 0.5) is 0 Å². The zero-order valence-corrected chi connectivity index (χ0v) is 9.60. The van der Waals surface area contributed by atoms with Gasteiger partial charge in [0.05, 0.1) is 0 Å². The molecule has 4 atom stereocenters. The number of hydrogen-bond acceptors (Lipinski definition) is 2. The fraction of sp³-hybridized carbons (Fsp3) is 1.00. The molecule has 0 aromatic carbocycles. The Labute approximate surface area is 91.7 Å². The second kappa shape index (κ2) is 3.88. The predicted octanol–water partition coefficient (Wildman–Crippen LogP) is -1.94. The van der Waals surface area contributed by atoms with Gasteiger partial charge >= 0.3 is 29.6 Å². The summed E-state index contributed by atoms with van der Waals surface area (Å²) in [4.78, 5) is 0. The summed E-state index contributed by atoms with van der Waals surface area (Å²) >= 11 is -1.79. The zero-order chi connectivity index (χ0) is 7.14. The van der Waals surface area contributed by atoms with E-state index >= 15 is 0 Å². The molecule has 2 saturated carbocycles. The van der Waals surface area contributed by atoms with Gasteiger partial charge in [0.1, 0.15) is 0 Å². The van der Waals surface area contributed by atoms with Crippen molar-refractivity contribution in [1.29, 1.82) is 0 Å². The standard InChI is InChI=1S/C7H12O2S.Na/c8-10(9)7-4-5-1-2-6(7)3-5;/h5-7H,1-4H2,(H,8,9);/q;+1/p-1/t5-,6+,7?;/m1./s1. The first kappa shape index (κ1) is 10.2. The van der Waals surface area contributed by atoms with Crippen molar-refractivity contribution in [2.75, 3.05) is 0 Å². The maximum Gasteiger partial charge on any atom is 1.00 e. The van der Waals surface area contributed by atoms with E-state index in [-0.39, 0.29) is 34.8 Å². The topological polar surface area (TPSA) is 40.1 Å². The van der Waals surface area contributed by atoms with Crippen LogP contribution in [0, 0.1) is 11.8 Å². The fourth-order valence-corrected chi connectivity index (χ4v) is 3.41. The molecule has 0 saturated heterocycles. The molecule has 2 aliphatic rings. The molecule has 2 bridgehead atoms. The van der Waals surface area contributed by atoms with Crippen molar-refractivity contribution in [3.63, 3.8) is 0 Å². The normalized spacial score (nSPS) is 43.5. The molecule has 2 nitrogen and oxygen atoms in total. The first-order chi connectivity index (χ1) is 4.77. The minimum Gasteiger partial charge on any atom is -0.772 e. The molecular formula is C7H11NaO2S. The van der Waals surface area contributed by atoms with Crippen LogP contribution in [0.25, 0.3) is 0 Å². The first-order valence-electron chi connectivity index (χ1n) is 3.85. The Kier molecular flexibility index (Phi) is 3.59. The maximum absolute atomic E-state index is 10.6. The van der Waals surface area contributed by atoms with E-state index in [1.807, 2.05) is 0 Å². The minimum absolute atomic E-state index is 0. The Morgan fingerprint density at radius 2 is 2.00 bits per heavy atom. The van der Waals surface area contributed by atoms with Crippen molar-refractivity contribution in [1.82, 2.24) is 0 Å². The van der Waals surface area contributed by atoms with Crippen LogP contribution in [0.3, 0.4) is 0 Å². The van der Waals surface area contributed by atoms with Gasteiger partial charge in [-0.25, -0.2) is 0 Å². The van der Waals surface area contributed by atoms with E-state index in [1.165, 1.54) is 12.8 Å². The summed E-state index contributed by atoms with van der Waals surface area (Å²) in [7, 11) is 0. The Morgan fingerprint density at radius 3 is 2.27 bits per heavy atom. The Morgan fingerprint density at radius 1 is 1.27 bits per heavy atom. The summed E-state index contributed by atoms with van der Waals surface area (Å²) in [5.41, 5.74) is 0. The summed E-state index contributed by atoms with van der Waals surface area (Å²) < 4.78 is 21.2. The Balaban J connectivity index is 0.000000605. The molecule has 0 spiro atoms. The van der Waals surface area contributed by atoms with Crippen LogP contribution in [-0.2, 0) is 11.1 Å². The van der Waals surface area contributed by atoms with Crippen molar-refractivity contribution in [3.05, 3.63) is 0 Å². The molecule has 0 aliphatic heterocycles. The summed E-state index contributed by atoms with van der Waals surface area (Å²) in [5, 5.41) is 0.0127. The summed E-state index contributed by atoms with van der Waals surface area (Å²) in [6, 6.07) is 0. The first-order valence-corrected chi connectivity index (χ1v) is 4.99. The average molecular weight is 182 g/mol. The van der Waals surface area contributed by atoms with Crippen molar-refractivity contribution < 1.29 is 38.3 Å². The van der Waals surface area contributed by atoms with E-state index in [9.17, 15) is 8.76 Å².